The standard InChI is InChI=1S/C23H19ClN4O7S/c1-34-14-4-6-15(7-5-14)36(32,33)27-23(29)19-12-16-18(9-10-20(28(30)31)22(16)26-19)25-13-3-8-17(24)21(11-13)35-2/h3-12,25-26H,1-2H3,(H,27,29). The Morgan fingerprint density at radius 1 is 1.03 bits per heavy atom. The van der Waals surface area contributed by atoms with E-state index >= 15 is 0 Å². The average molecular weight is 531 g/mol. The highest BCUT2D eigenvalue weighted by Crippen LogP contribution is 2.35. The topological polar surface area (TPSA) is 153 Å². The van der Waals surface area contributed by atoms with Crippen LogP contribution < -0.4 is 19.5 Å². The molecule has 0 saturated carbocycles. The molecule has 0 saturated heterocycles. The first kappa shape index (κ1) is 24.8. The molecule has 0 fully saturated rings. The van der Waals surface area contributed by atoms with Crippen molar-refractivity contribution in [3.63, 3.8) is 0 Å². The Morgan fingerprint density at radius 3 is 2.39 bits per heavy atom. The van der Waals surface area contributed by atoms with Gasteiger partial charge in [0.05, 0.1) is 29.1 Å². The number of nitrogens with one attached hydrogen (secondary N) is 3. The highest BCUT2D eigenvalue weighted by Gasteiger charge is 2.24. The summed E-state index contributed by atoms with van der Waals surface area (Å²) in [5.41, 5.74) is 0.557. The summed E-state index contributed by atoms with van der Waals surface area (Å²) in [6.45, 7) is 0. The number of carbonyl (C=O) groups is 1. The van der Waals surface area contributed by atoms with Gasteiger partial charge in [-0.1, -0.05) is 11.6 Å². The number of nitro groups is 1. The highest BCUT2D eigenvalue weighted by molar-refractivity contribution is 7.90. The normalized spacial score (nSPS) is 11.2. The van der Waals surface area contributed by atoms with E-state index < -0.39 is 20.9 Å². The third-order valence-electron chi connectivity index (χ3n) is 5.24. The largest absolute Gasteiger partial charge is 0.497 e. The second-order valence-electron chi connectivity index (χ2n) is 7.45. The van der Waals surface area contributed by atoms with Crippen LogP contribution in [-0.4, -0.2) is 38.5 Å². The third-order valence-corrected chi connectivity index (χ3v) is 6.90. The van der Waals surface area contributed by atoms with Gasteiger partial charge in [-0.15, -0.1) is 0 Å². The lowest BCUT2D eigenvalue weighted by molar-refractivity contribution is -0.383. The van der Waals surface area contributed by atoms with Gasteiger partial charge in [-0.3, -0.25) is 14.9 Å². The van der Waals surface area contributed by atoms with Crippen molar-refractivity contribution in [3.8, 4) is 11.5 Å². The van der Waals surface area contributed by atoms with Crippen molar-refractivity contribution < 1.29 is 27.6 Å². The van der Waals surface area contributed by atoms with E-state index in [0.717, 1.165) is 0 Å². The van der Waals surface area contributed by atoms with Crippen molar-refractivity contribution in [1.29, 1.82) is 0 Å². The molecule has 3 aromatic carbocycles. The summed E-state index contributed by atoms with van der Waals surface area (Å²) in [5, 5.41) is 15.4. The first-order valence-electron chi connectivity index (χ1n) is 10.2. The number of hydrogen-bond acceptors (Lipinski definition) is 8. The van der Waals surface area contributed by atoms with Gasteiger partial charge in [-0.05, 0) is 48.5 Å². The van der Waals surface area contributed by atoms with Crippen LogP contribution >= 0.6 is 11.6 Å². The molecule has 0 unspecified atom stereocenters. The molecule has 0 spiro atoms. The number of nitro benzene ring substituents is 1. The van der Waals surface area contributed by atoms with Crippen molar-refractivity contribution in [2.24, 2.45) is 0 Å². The molecule has 4 aromatic rings. The molecule has 1 amide bonds. The van der Waals surface area contributed by atoms with Gasteiger partial charge in [0.1, 0.15) is 22.7 Å². The molecule has 4 rings (SSSR count). The van der Waals surface area contributed by atoms with Gasteiger partial charge in [0, 0.05) is 28.9 Å². The lowest BCUT2D eigenvalue weighted by Crippen LogP contribution is -2.30. The first-order valence-corrected chi connectivity index (χ1v) is 12.1. The number of methoxy groups -OCH3 is 2. The van der Waals surface area contributed by atoms with Crippen LogP contribution in [0.15, 0.2) is 65.6 Å². The molecule has 3 N–H and O–H groups in total. The maximum Gasteiger partial charge on any atom is 0.293 e. The van der Waals surface area contributed by atoms with Crippen molar-refractivity contribution in [2.75, 3.05) is 19.5 Å². The van der Waals surface area contributed by atoms with Gasteiger partial charge >= 0.3 is 0 Å². The zero-order valence-corrected chi connectivity index (χ0v) is 20.4. The van der Waals surface area contributed by atoms with Gasteiger partial charge in [0.25, 0.3) is 21.6 Å². The molecule has 0 radical (unpaired) electrons. The summed E-state index contributed by atoms with van der Waals surface area (Å²) in [5.74, 6) is -0.130. The number of carbonyl (C=O) groups excluding carboxylic acids is 1. The summed E-state index contributed by atoms with van der Waals surface area (Å²) in [7, 11) is -1.32. The number of anilines is 2. The van der Waals surface area contributed by atoms with E-state index in [2.05, 4.69) is 10.3 Å². The number of amides is 1. The van der Waals surface area contributed by atoms with Crippen LogP contribution in [0.1, 0.15) is 10.5 Å². The van der Waals surface area contributed by atoms with Crippen molar-refractivity contribution in [1.82, 2.24) is 9.71 Å². The molecule has 186 valence electrons. The highest BCUT2D eigenvalue weighted by atomic mass is 35.5. The molecule has 1 aromatic heterocycles. The molecule has 0 aliphatic heterocycles. The van der Waals surface area contributed by atoms with Gasteiger partial charge in [-0.2, -0.15) is 0 Å². The molecule has 0 bridgehead atoms. The summed E-state index contributed by atoms with van der Waals surface area (Å²) >= 11 is 6.07. The number of non-ortho nitro benzene ring substituents is 1. The Morgan fingerprint density at radius 2 is 1.75 bits per heavy atom. The minimum absolute atomic E-state index is 0.0397. The number of rotatable bonds is 8. The van der Waals surface area contributed by atoms with E-state index in [4.69, 9.17) is 21.1 Å². The maximum absolute atomic E-state index is 12.8. The number of H-pyrrole nitrogens is 1. The smallest absolute Gasteiger partial charge is 0.293 e. The minimum Gasteiger partial charge on any atom is -0.497 e. The zero-order valence-electron chi connectivity index (χ0n) is 18.9. The summed E-state index contributed by atoms with van der Waals surface area (Å²) in [6, 6.07) is 14.5. The molecule has 36 heavy (non-hydrogen) atoms. The second kappa shape index (κ2) is 9.76. The third kappa shape index (κ3) is 4.90. The monoisotopic (exact) mass is 530 g/mol. The Hall–Kier alpha value is -4.29. The van der Waals surface area contributed by atoms with Crippen LogP contribution in [0.2, 0.25) is 5.02 Å². The SMILES string of the molecule is COc1ccc(S(=O)(=O)NC(=O)c2cc3c(Nc4ccc(Cl)c(OC)c4)ccc([N+](=O)[O-])c3[nH]2)cc1. The van der Waals surface area contributed by atoms with E-state index in [9.17, 15) is 23.3 Å². The van der Waals surface area contributed by atoms with E-state index in [1.54, 1.807) is 18.2 Å². The van der Waals surface area contributed by atoms with Crippen molar-refractivity contribution >= 4 is 55.5 Å². The number of ether oxygens (including phenoxy) is 2. The number of aromatic amines is 1. The lowest BCUT2D eigenvalue weighted by Gasteiger charge is -2.10. The predicted octanol–water partition coefficient (Wildman–Crippen LogP) is 4.61. The zero-order chi connectivity index (χ0) is 26.0. The molecule has 0 aliphatic rings. The van der Waals surface area contributed by atoms with Gasteiger partial charge in [0.2, 0.25) is 0 Å². The molecule has 1 heterocycles. The predicted molar refractivity (Wildman–Crippen MR) is 134 cm³/mol. The Balaban J connectivity index is 1.70. The second-order valence-corrected chi connectivity index (χ2v) is 9.54. The van der Waals surface area contributed by atoms with E-state index in [0.29, 0.717) is 33.3 Å². The molecule has 11 nitrogen and oxygen atoms in total. The van der Waals surface area contributed by atoms with Crippen LogP contribution in [-0.2, 0) is 10.0 Å². The maximum atomic E-state index is 12.8. The fourth-order valence-electron chi connectivity index (χ4n) is 3.47. The number of fused-ring (bicyclic) bond motifs is 1. The van der Waals surface area contributed by atoms with Crippen LogP contribution in [0.5, 0.6) is 11.5 Å². The van der Waals surface area contributed by atoms with E-state index in [-0.39, 0.29) is 21.8 Å². The van der Waals surface area contributed by atoms with Gasteiger partial charge in [0.15, 0.2) is 0 Å². The lowest BCUT2D eigenvalue weighted by atomic mass is 10.1. The van der Waals surface area contributed by atoms with Crippen LogP contribution in [0, 0.1) is 10.1 Å². The summed E-state index contributed by atoms with van der Waals surface area (Å²) < 4.78 is 37.5. The fraction of sp³-hybridized carbons (Fsp3) is 0.0870. The van der Waals surface area contributed by atoms with Gasteiger partial charge < -0.3 is 19.8 Å². The van der Waals surface area contributed by atoms with E-state index in [1.807, 2.05) is 4.72 Å². The number of nitrogens with zero attached hydrogens (tertiary/aromatic N) is 1. The average Bonchev–Trinajstić information content (AvgIpc) is 3.31. The number of hydrogen-bond donors (Lipinski definition) is 3. The van der Waals surface area contributed by atoms with Crippen molar-refractivity contribution in [3.05, 3.63) is 81.5 Å². The Kier molecular flexibility index (Phi) is 6.73. The molecular weight excluding hydrogens is 512 g/mol. The van der Waals surface area contributed by atoms with Crippen molar-refractivity contribution in [2.45, 2.75) is 4.90 Å². The minimum atomic E-state index is -4.22. The van der Waals surface area contributed by atoms with Gasteiger partial charge in [-0.25, -0.2) is 13.1 Å². The molecule has 0 atom stereocenters. The van der Waals surface area contributed by atoms with Crippen LogP contribution in [0.25, 0.3) is 10.9 Å². The number of sulfonamides is 1. The Bertz CT molecular complexity index is 1580. The number of benzene rings is 3. The van der Waals surface area contributed by atoms with E-state index in [1.165, 1.54) is 56.7 Å². The molecular formula is C23H19ClN4O7S. The fourth-order valence-corrected chi connectivity index (χ4v) is 4.63. The summed E-state index contributed by atoms with van der Waals surface area (Å²) in [4.78, 5) is 26.3. The van der Waals surface area contributed by atoms with Crippen LogP contribution in [0.4, 0.5) is 17.1 Å². The first-order chi connectivity index (χ1) is 17.1. The summed E-state index contributed by atoms with van der Waals surface area (Å²) in [6.07, 6.45) is 0. The quantitative estimate of drug-likeness (QED) is 0.220. The van der Waals surface area contributed by atoms with Crippen LogP contribution in [0.3, 0.4) is 0 Å². The Labute approximate surface area is 210 Å². The molecule has 0 aliphatic carbocycles. The number of halogens is 1. The molecule has 13 heteroatoms. The number of aromatic nitrogens is 1.